The van der Waals surface area contributed by atoms with Crippen molar-refractivity contribution >= 4 is 5.97 Å². The standard InChI is InChI=1S/C13H21N3O2/c1-4-15(5-2)10-6-7-11-12(13(17)18)14-9(3)16(11)8-10/h10H,4-8H2,1-3H3,(H,17,18). The van der Waals surface area contributed by atoms with E-state index in [1.807, 2.05) is 6.92 Å². The van der Waals surface area contributed by atoms with Gasteiger partial charge in [-0.15, -0.1) is 0 Å². The van der Waals surface area contributed by atoms with Gasteiger partial charge >= 0.3 is 5.97 Å². The van der Waals surface area contributed by atoms with Crippen LogP contribution in [0.15, 0.2) is 0 Å². The lowest BCUT2D eigenvalue weighted by Gasteiger charge is -2.34. The molecule has 0 fully saturated rings. The molecule has 1 atom stereocenters. The Kier molecular flexibility index (Phi) is 3.71. The number of carboxylic acids is 1. The third kappa shape index (κ3) is 2.14. The smallest absolute Gasteiger partial charge is 0.356 e. The number of likely N-dealkylation sites (N-methyl/N-ethyl adjacent to an activating group) is 1. The predicted octanol–water partition coefficient (Wildman–Crippen LogP) is 1.55. The summed E-state index contributed by atoms with van der Waals surface area (Å²) in [7, 11) is 0. The number of carboxylic acid groups (broad SMARTS) is 1. The summed E-state index contributed by atoms with van der Waals surface area (Å²) in [5, 5.41) is 9.14. The van der Waals surface area contributed by atoms with E-state index in [4.69, 9.17) is 5.11 Å². The molecule has 0 radical (unpaired) electrons. The van der Waals surface area contributed by atoms with Crippen LogP contribution in [0, 0.1) is 6.92 Å². The second-order valence-corrected chi connectivity index (χ2v) is 4.78. The molecule has 0 bridgehead atoms. The fourth-order valence-corrected chi connectivity index (χ4v) is 2.92. The van der Waals surface area contributed by atoms with Crippen LogP contribution in [0.4, 0.5) is 0 Å². The van der Waals surface area contributed by atoms with Crippen LogP contribution in [0.1, 0.15) is 42.3 Å². The van der Waals surface area contributed by atoms with E-state index in [1.165, 1.54) is 0 Å². The third-order valence-electron chi connectivity index (χ3n) is 3.90. The van der Waals surface area contributed by atoms with Gasteiger partial charge in [0.15, 0.2) is 5.69 Å². The van der Waals surface area contributed by atoms with Crippen LogP contribution in [0.5, 0.6) is 0 Å². The summed E-state index contributed by atoms with van der Waals surface area (Å²) in [6.07, 6.45) is 1.83. The van der Waals surface area contributed by atoms with E-state index in [0.29, 0.717) is 6.04 Å². The number of imidazole rings is 1. The van der Waals surface area contributed by atoms with Crippen LogP contribution in [0.25, 0.3) is 0 Å². The zero-order chi connectivity index (χ0) is 13.3. The Balaban J connectivity index is 2.27. The summed E-state index contributed by atoms with van der Waals surface area (Å²) < 4.78 is 2.08. The monoisotopic (exact) mass is 251 g/mol. The van der Waals surface area contributed by atoms with Crippen molar-refractivity contribution in [2.24, 2.45) is 0 Å². The minimum atomic E-state index is -0.909. The number of hydrogen-bond acceptors (Lipinski definition) is 3. The van der Waals surface area contributed by atoms with Gasteiger partial charge in [0.1, 0.15) is 5.82 Å². The lowest BCUT2D eigenvalue weighted by molar-refractivity contribution is 0.0688. The topological polar surface area (TPSA) is 58.4 Å². The maximum absolute atomic E-state index is 11.1. The summed E-state index contributed by atoms with van der Waals surface area (Å²) in [5.41, 5.74) is 1.13. The molecule has 0 spiro atoms. The Bertz CT molecular complexity index is 449. The number of aromatic carboxylic acids is 1. The summed E-state index contributed by atoms with van der Waals surface area (Å²) in [4.78, 5) is 17.7. The Morgan fingerprint density at radius 1 is 1.50 bits per heavy atom. The Labute approximate surface area is 107 Å². The van der Waals surface area contributed by atoms with Gasteiger partial charge < -0.3 is 9.67 Å². The number of aromatic nitrogens is 2. The van der Waals surface area contributed by atoms with Gasteiger partial charge in [0.05, 0.1) is 5.69 Å². The van der Waals surface area contributed by atoms with Crippen LogP contribution in [0.2, 0.25) is 0 Å². The van der Waals surface area contributed by atoms with Crippen molar-refractivity contribution in [1.82, 2.24) is 14.5 Å². The molecule has 100 valence electrons. The number of rotatable bonds is 4. The number of nitrogens with zero attached hydrogens (tertiary/aromatic N) is 3. The zero-order valence-corrected chi connectivity index (χ0v) is 11.3. The molecule has 5 nitrogen and oxygen atoms in total. The van der Waals surface area contributed by atoms with Gasteiger partial charge in [0, 0.05) is 12.6 Å². The molecule has 0 saturated heterocycles. The molecule has 1 aliphatic heterocycles. The summed E-state index contributed by atoms with van der Waals surface area (Å²) in [6, 6.07) is 0.502. The highest BCUT2D eigenvalue weighted by Crippen LogP contribution is 2.23. The molecule has 2 rings (SSSR count). The number of fused-ring (bicyclic) bond motifs is 1. The molecule has 1 aromatic heterocycles. The van der Waals surface area contributed by atoms with Crippen molar-refractivity contribution in [3.63, 3.8) is 0 Å². The minimum Gasteiger partial charge on any atom is -0.476 e. The van der Waals surface area contributed by atoms with Crippen LogP contribution in [0.3, 0.4) is 0 Å². The summed E-state index contributed by atoms with van der Waals surface area (Å²) in [5.74, 6) is -0.0904. The summed E-state index contributed by atoms with van der Waals surface area (Å²) >= 11 is 0. The maximum Gasteiger partial charge on any atom is 0.356 e. The first-order chi connectivity index (χ1) is 8.58. The zero-order valence-electron chi connectivity index (χ0n) is 11.3. The van der Waals surface area contributed by atoms with Gasteiger partial charge in [-0.05, 0) is 32.9 Å². The molecule has 5 heteroatoms. The van der Waals surface area contributed by atoms with Crippen LogP contribution < -0.4 is 0 Å². The molecule has 18 heavy (non-hydrogen) atoms. The van der Waals surface area contributed by atoms with Crippen molar-refractivity contribution in [2.75, 3.05) is 13.1 Å². The molecule has 1 unspecified atom stereocenters. The Morgan fingerprint density at radius 2 is 2.17 bits per heavy atom. The Morgan fingerprint density at radius 3 is 2.72 bits per heavy atom. The molecule has 0 amide bonds. The molecule has 0 aromatic carbocycles. The van der Waals surface area contributed by atoms with Crippen molar-refractivity contribution in [2.45, 2.75) is 46.2 Å². The fraction of sp³-hybridized carbons (Fsp3) is 0.692. The van der Waals surface area contributed by atoms with Crippen LogP contribution >= 0.6 is 0 Å². The summed E-state index contributed by atoms with van der Waals surface area (Å²) in [6.45, 7) is 9.17. The van der Waals surface area contributed by atoms with Gasteiger partial charge in [-0.25, -0.2) is 9.78 Å². The molecule has 2 heterocycles. The third-order valence-corrected chi connectivity index (χ3v) is 3.90. The molecule has 1 N–H and O–H groups in total. The van der Waals surface area contributed by atoms with Crippen molar-refractivity contribution in [3.8, 4) is 0 Å². The molecular formula is C13H21N3O2. The highest BCUT2D eigenvalue weighted by Gasteiger charge is 2.28. The average molecular weight is 251 g/mol. The predicted molar refractivity (Wildman–Crippen MR) is 69.0 cm³/mol. The highest BCUT2D eigenvalue weighted by atomic mass is 16.4. The number of aryl methyl sites for hydroxylation is 1. The maximum atomic E-state index is 11.1. The first-order valence-corrected chi connectivity index (χ1v) is 6.61. The lowest BCUT2D eigenvalue weighted by atomic mass is 10.0. The molecule has 1 aromatic rings. The van der Waals surface area contributed by atoms with E-state index >= 15 is 0 Å². The van der Waals surface area contributed by atoms with E-state index in [-0.39, 0.29) is 5.69 Å². The lowest BCUT2D eigenvalue weighted by Crippen LogP contribution is -2.41. The van der Waals surface area contributed by atoms with Gasteiger partial charge in [-0.1, -0.05) is 13.8 Å². The first-order valence-electron chi connectivity index (χ1n) is 6.61. The van der Waals surface area contributed by atoms with Crippen molar-refractivity contribution in [1.29, 1.82) is 0 Å². The second kappa shape index (κ2) is 5.10. The van der Waals surface area contributed by atoms with E-state index < -0.39 is 5.97 Å². The number of carbonyl (C=O) groups is 1. The first kappa shape index (κ1) is 13.1. The van der Waals surface area contributed by atoms with E-state index in [9.17, 15) is 4.79 Å². The van der Waals surface area contributed by atoms with E-state index in [1.54, 1.807) is 0 Å². The largest absolute Gasteiger partial charge is 0.476 e. The second-order valence-electron chi connectivity index (χ2n) is 4.78. The quantitative estimate of drug-likeness (QED) is 0.882. The van der Waals surface area contributed by atoms with Gasteiger partial charge in [0.2, 0.25) is 0 Å². The highest BCUT2D eigenvalue weighted by molar-refractivity contribution is 5.86. The number of hydrogen-bond donors (Lipinski definition) is 1. The van der Waals surface area contributed by atoms with Gasteiger partial charge in [-0.2, -0.15) is 0 Å². The van der Waals surface area contributed by atoms with Crippen LogP contribution in [-0.2, 0) is 13.0 Å². The van der Waals surface area contributed by atoms with Crippen molar-refractivity contribution in [3.05, 3.63) is 17.2 Å². The molecule has 1 aliphatic rings. The minimum absolute atomic E-state index is 0.241. The van der Waals surface area contributed by atoms with Gasteiger partial charge in [-0.3, -0.25) is 4.90 Å². The average Bonchev–Trinajstić information content (AvgIpc) is 2.69. The van der Waals surface area contributed by atoms with Gasteiger partial charge in [0.25, 0.3) is 0 Å². The van der Waals surface area contributed by atoms with Crippen LogP contribution in [-0.4, -0.2) is 44.7 Å². The normalized spacial score (nSPS) is 19.0. The molecule has 0 saturated carbocycles. The molecule has 0 aliphatic carbocycles. The van der Waals surface area contributed by atoms with Crippen molar-refractivity contribution < 1.29 is 9.90 Å². The van der Waals surface area contributed by atoms with E-state index in [2.05, 4.69) is 28.3 Å². The SMILES string of the molecule is CCN(CC)C1CCc2c(C(=O)O)nc(C)n2C1. The fourth-order valence-electron chi connectivity index (χ4n) is 2.92. The Hall–Kier alpha value is -1.36. The molecular weight excluding hydrogens is 230 g/mol. The van der Waals surface area contributed by atoms with E-state index in [0.717, 1.165) is 44.0 Å².